The van der Waals surface area contributed by atoms with Gasteiger partial charge in [0.1, 0.15) is 0 Å². The average Bonchev–Trinajstić information content (AvgIpc) is 2.48. The van der Waals surface area contributed by atoms with Crippen molar-refractivity contribution in [2.24, 2.45) is 11.7 Å². The predicted molar refractivity (Wildman–Crippen MR) is 80.1 cm³/mol. The molecule has 2 atom stereocenters. The van der Waals surface area contributed by atoms with Crippen LogP contribution in [0.1, 0.15) is 19.8 Å². The second-order valence-corrected chi connectivity index (χ2v) is 5.42. The fourth-order valence-corrected chi connectivity index (χ4v) is 2.55. The number of carbonyl (C=O) groups excluding carboxylic acids is 1. The Hall–Kier alpha value is -2.15. The number of anilines is 1. The average molecular weight is 292 g/mol. The maximum atomic E-state index is 12.3. The number of amides is 2. The van der Waals surface area contributed by atoms with Gasteiger partial charge in [-0.2, -0.15) is 0 Å². The number of nitro groups is 1. The van der Waals surface area contributed by atoms with Gasteiger partial charge in [-0.15, -0.1) is 0 Å². The van der Waals surface area contributed by atoms with E-state index in [1.807, 2.05) is 6.92 Å². The fourth-order valence-electron chi connectivity index (χ4n) is 2.55. The highest BCUT2D eigenvalue weighted by molar-refractivity contribution is 5.90. The molecule has 7 heteroatoms. The van der Waals surface area contributed by atoms with Crippen molar-refractivity contribution < 1.29 is 9.72 Å². The molecule has 0 bridgehead atoms. The summed E-state index contributed by atoms with van der Waals surface area (Å²) in [6.45, 7) is 3.19. The number of benzene rings is 1. The van der Waals surface area contributed by atoms with E-state index in [9.17, 15) is 14.9 Å². The standard InChI is InChI=1S/C14H20N4O3/c1-10-5-6-11(8-15)9-17(10)14(19)16-12-3-2-4-13(7-12)18(20)21/h2-4,7,10-11H,5-6,8-9,15H2,1H3,(H,16,19). The number of non-ortho nitro benzene ring substituents is 1. The Labute approximate surface area is 123 Å². The van der Waals surface area contributed by atoms with Crippen LogP contribution < -0.4 is 11.1 Å². The normalized spacial score (nSPS) is 21.9. The van der Waals surface area contributed by atoms with Crippen LogP contribution in [0.5, 0.6) is 0 Å². The van der Waals surface area contributed by atoms with Crippen LogP contribution >= 0.6 is 0 Å². The zero-order valence-electron chi connectivity index (χ0n) is 12.0. The minimum absolute atomic E-state index is 0.0423. The van der Waals surface area contributed by atoms with E-state index >= 15 is 0 Å². The van der Waals surface area contributed by atoms with Crippen LogP contribution in [0.3, 0.4) is 0 Å². The first-order valence-electron chi connectivity index (χ1n) is 7.03. The highest BCUT2D eigenvalue weighted by atomic mass is 16.6. The molecule has 7 nitrogen and oxygen atoms in total. The summed E-state index contributed by atoms with van der Waals surface area (Å²) >= 11 is 0. The van der Waals surface area contributed by atoms with E-state index in [1.165, 1.54) is 12.1 Å². The van der Waals surface area contributed by atoms with E-state index in [1.54, 1.807) is 17.0 Å². The number of nitrogens with two attached hydrogens (primary N) is 1. The van der Waals surface area contributed by atoms with Gasteiger partial charge in [-0.1, -0.05) is 6.07 Å². The lowest BCUT2D eigenvalue weighted by molar-refractivity contribution is -0.384. The maximum absolute atomic E-state index is 12.3. The maximum Gasteiger partial charge on any atom is 0.322 e. The van der Waals surface area contributed by atoms with Crippen LogP contribution in [0.4, 0.5) is 16.2 Å². The molecule has 1 fully saturated rings. The number of nitro benzene ring substituents is 1. The minimum Gasteiger partial charge on any atom is -0.330 e. The molecule has 1 saturated heterocycles. The number of urea groups is 1. The van der Waals surface area contributed by atoms with Gasteiger partial charge in [0, 0.05) is 30.4 Å². The second-order valence-electron chi connectivity index (χ2n) is 5.42. The number of likely N-dealkylation sites (tertiary alicyclic amines) is 1. The smallest absolute Gasteiger partial charge is 0.322 e. The van der Waals surface area contributed by atoms with Gasteiger partial charge < -0.3 is 16.0 Å². The predicted octanol–water partition coefficient (Wildman–Crippen LogP) is 2.19. The van der Waals surface area contributed by atoms with E-state index in [4.69, 9.17) is 5.73 Å². The van der Waals surface area contributed by atoms with Crippen molar-refractivity contribution in [2.45, 2.75) is 25.8 Å². The number of hydrogen-bond acceptors (Lipinski definition) is 4. The van der Waals surface area contributed by atoms with Crippen LogP contribution in [0.2, 0.25) is 0 Å². The first-order valence-corrected chi connectivity index (χ1v) is 7.03. The number of nitrogens with zero attached hydrogens (tertiary/aromatic N) is 2. The molecule has 114 valence electrons. The quantitative estimate of drug-likeness (QED) is 0.658. The van der Waals surface area contributed by atoms with Crippen molar-refractivity contribution in [3.05, 3.63) is 34.4 Å². The summed E-state index contributed by atoms with van der Waals surface area (Å²) in [5.41, 5.74) is 6.07. The van der Waals surface area contributed by atoms with Gasteiger partial charge in [-0.25, -0.2) is 4.79 Å². The number of nitrogens with one attached hydrogen (secondary N) is 1. The summed E-state index contributed by atoms with van der Waals surface area (Å²) in [5.74, 6) is 0.317. The second kappa shape index (κ2) is 6.53. The first kappa shape index (κ1) is 15.2. The molecule has 1 aliphatic rings. The van der Waals surface area contributed by atoms with Crippen LogP contribution in [0.25, 0.3) is 0 Å². The Morgan fingerprint density at radius 2 is 2.29 bits per heavy atom. The molecular formula is C14H20N4O3. The zero-order valence-corrected chi connectivity index (χ0v) is 12.0. The molecule has 3 N–H and O–H groups in total. The Kier molecular flexibility index (Phi) is 4.74. The van der Waals surface area contributed by atoms with Crippen molar-refractivity contribution in [2.75, 3.05) is 18.4 Å². The highest BCUT2D eigenvalue weighted by Crippen LogP contribution is 2.23. The van der Waals surface area contributed by atoms with Gasteiger partial charge >= 0.3 is 6.03 Å². The van der Waals surface area contributed by atoms with Gasteiger partial charge in [0.15, 0.2) is 0 Å². The Balaban J connectivity index is 2.06. The van der Waals surface area contributed by atoms with Gasteiger partial charge in [-0.05, 0) is 38.3 Å². The molecular weight excluding hydrogens is 272 g/mol. The molecule has 1 aromatic rings. The lowest BCUT2D eigenvalue weighted by Gasteiger charge is -2.37. The summed E-state index contributed by atoms with van der Waals surface area (Å²) in [7, 11) is 0. The Bertz CT molecular complexity index is 535. The van der Waals surface area contributed by atoms with E-state index < -0.39 is 4.92 Å². The minimum atomic E-state index is -0.483. The molecule has 0 radical (unpaired) electrons. The van der Waals surface area contributed by atoms with Crippen LogP contribution in [-0.2, 0) is 0 Å². The number of hydrogen-bond donors (Lipinski definition) is 2. The monoisotopic (exact) mass is 292 g/mol. The molecule has 21 heavy (non-hydrogen) atoms. The molecule has 2 unspecified atom stereocenters. The van der Waals surface area contributed by atoms with Crippen molar-refractivity contribution >= 4 is 17.4 Å². The topological polar surface area (TPSA) is 102 Å². The summed E-state index contributed by atoms with van der Waals surface area (Å²) in [6.07, 6.45) is 1.95. The lowest BCUT2D eigenvalue weighted by Crippen LogP contribution is -2.48. The number of piperidine rings is 1. The van der Waals surface area contributed by atoms with Crippen LogP contribution in [-0.4, -0.2) is 35.0 Å². The van der Waals surface area contributed by atoms with Crippen LogP contribution in [0, 0.1) is 16.0 Å². The van der Waals surface area contributed by atoms with E-state index in [2.05, 4.69) is 5.32 Å². The summed E-state index contributed by atoms with van der Waals surface area (Å²) in [5, 5.41) is 13.5. The van der Waals surface area contributed by atoms with Gasteiger partial charge in [-0.3, -0.25) is 10.1 Å². The lowest BCUT2D eigenvalue weighted by atomic mass is 9.94. The van der Waals surface area contributed by atoms with Gasteiger partial charge in [0.2, 0.25) is 0 Å². The largest absolute Gasteiger partial charge is 0.330 e. The Morgan fingerprint density at radius 3 is 2.95 bits per heavy atom. The molecule has 2 amide bonds. The number of rotatable bonds is 3. The highest BCUT2D eigenvalue weighted by Gasteiger charge is 2.28. The van der Waals surface area contributed by atoms with Crippen LogP contribution in [0.15, 0.2) is 24.3 Å². The van der Waals surface area contributed by atoms with Crippen molar-refractivity contribution in [1.82, 2.24) is 4.90 Å². The van der Waals surface area contributed by atoms with Gasteiger partial charge in [0.25, 0.3) is 5.69 Å². The molecule has 0 aliphatic carbocycles. The molecule has 1 aliphatic heterocycles. The third-order valence-electron chi connectivity index (χ3n) is 3.88. The Morgan fingerprint density at radius 1 is 1.52 bits per heavy atom. The molecule has 1 heterocycles. The zero-order chi connectivity index (χ0) is 15.4. The number of carbonyl (C=O) groups is 1. The molecule has 0 saturated carbocycles. The van der Waals surface area contributed by atoms with Gasteiger partial charge in [0.05, 0.1) is 4.92 Å². The summed E-state index contributed by atoms with van der Waals surface area (Å²) in [4.78, 5) is 24.3. The van der Waals surface area contributed by atoms with E-state index in [-0.39, 0.29) is 17.8 Å². The molecule has 0 aromatic heterocycles. The van der Waals surface area contributed by atoms with Crippen molar-refractivity contribution in [3.63, 3.8) is 0 Å². The first-order chi connectivity index (χ1) is 10.0. The van der Waals surface area contributed by atoms with E-state index in [0.717, 1.165) is 12.8 Å². The van der Waals surface area contributed by atoms with Crippen molar-refractivity contribution in [3.8, 4) is 0 Å². The summed E-state index contributed by atoms with van der Waals surface area (Å²) < 4.78 is 0. The van der Waals surface area contributed by atoms with E-state index in [0.29, 0.717) is 24.7 Å². The summed E-state index contributed by atoms with van der Waals surface area (Å²) in [6, 6.07) is 5.85. The van der Waals surface area contributed by atoms with Crippen molar-refractivity contribution in [1.29, 1.82) is 0 Å². The SMILES string of the molecule is CC1CCC(CN)CN1C(=O)Nc1cccc([N+](=O)[O-])c1. The molecule has 1 aromatic carbocycles. The molecule has 0 spiro atoms. The third-order valence-corrected chi connectivity index (χ3v) is 3.88. The third kappa shape index (κ3) is 3.69. The molecule has 2 rings (SSSR count). The fraction of sp³-hybridized carbons (Fsp3) is 0.500.